The van der Waals surface area contributed by atoms with Crippen molar-refractivity contribution < 1.29 is 18.3 Å². The summed E-state index contributed by atoms with van der Waals surface area (Å²) >= 11 is 0. The van der Waals surface area contributed by atoms with Gasteiger partial charge in [-0.3, -0.25) is 0 Å². The molecule has 0 unspecified atom stereocenters. The third-order valence-electron chi connectivity index (χ3n) is 2.30. The summed E-state index contributed by atoms with van der Waals surface area (Å²) in [6.45, 7) is 4.00. The third kappa shape index (κ3) is 5.22. The molecule has 2 aromatic carbocycles. The van der Waals surface area contributed by atoms with Crippen LogP contribution in [0.1, 0.15) is 19.4 Å². The van der Waals surface area contributed by atoms with E-state index >= 15 is 0 Å². The van der Waals surface area contributed by atoms with Crippen molar-refractivity contribution in [2.45, 2.75) is 13.8 Å². The molecule has 0 radical (unpaired) electrons. The molecular formula is C15H17BF2NO+. The minimum Gasteiger partial charge on any atom is -0.505 e. The van der Waals surface area contributed by atoms with Crippen LogP contribution in [0.15, 0.2) is 54.6 Å². The highest BCUT2D eigenvalue weighted by Gasteiger charge is 2.19. The van der Waals surface area contributed by atoms with E-state index in [2.05, 4.69) is 9.65 Å². The van der Waals surface area contributed by atoms with E-state index in [0.29, 0.717) is 5.56 Å². The molecule has 0 aromatic heterocycles. The molecule has 0 saturated heterocycles. The maximum atomic E-state index is 12.2. The average Bonchev–Trinajstić information content (AvgIpc) is 2.49. The molecule has 20 heavy (non-hydrogen) atoms. The molecule has 0 heterocycles. The number of benzene rings is 2. The molecule has 1 N–H and O–H groups in total. The van der Waals surface area contributed by atoms with E-state index in [1.165, 1.54) is 6.07 Å². The zero-order valence-corrected chi connectivity index (χ0v) is 11.5. The van der Waals surface area contributed by atoms with Gasteiger partial charge in [0, 0.05) is 12.1 Å². The summed E-state index contributed by atoms with van der Waals surface area (Å²) in [6.07, 6.45) is 1.63. The number of para-hydroxylation sites is 2. The van der Waals surface area contributed by atoms with Gasteiger partial charge in [-0.25, -0.2) is 13.6 Å². The van der Waals surface area contributed by atoms with Crippen molar-refractivity contribution in [1.29, 1.82) is 0 Å². The number of halogens is 2. The van der Waals surface area contributed by atoms with E-state index in [9.17, 15) is 8.63 Å². The van der Waals surface area contributed by atoms with Crippen LogP contribution in [0, 0.1) is 0 Å². The zero-order valence-electron chi connectivity index (χ0n) is 11.5. The fourth-order valence-corrected chi connectivity index (χ4v) is 1.50. The minimum absolute atomic E-state index is 0.149. The lowest BCUT2D eigenvalue weighted by Crippen LogP contribution is -2.61. The average molecular weight is 276 g/mol. The predicted molar refractivity (Wildman–Crippen MR) is 78.6 cm³/mol. The molecule has 5 heteroatoms. The summed E-state index contributed by atoms with van der Waals surface area (Å²) in [7, 11) is -2.82. The van der Waals surface area contributed by atoms with Gasteiger partial charge in [0.2, 0.25) is 5.69 Å². The maximum absolute atomic E-state index is 12.2. The highest BCUT2D eigenvalue weighted by atomic mass is 19.2. The summed E-state index contributed by atoms with van der Waals surface area (Å²) in [5.74, 6) is 0.149. The first-order valence-corrected chi connectivity index (χ1v) is 6.44. The number of hydrogen-bond acceptors (Lipinski definition) is 1. The van der Waals surface area contributed by atoms with Gasteiger partial charge in [0.05, 0.1) is 5.56 Å². The van der Waals surface area contributed by atoms with E-state index in [4.69, 9.17) is 0 Å². The van der Waals surface area contributed by atoms with Gasteiger partial charge in [-0.15, -0.1) is 0 Å². The SMILES string of the molecule is CC.FB(F)Oc1ccccc1C=[NH+]c1ccccc1. The second-order valence-electron chi connectivity index (χ2n) is 3.57. The lowest BCUT2D eigenvalue weighted by atomic mass is 10.2. The normalized spacial score (nSPS) is 9.80. The van der Waals surface area contributed by atoms with Gasteiger partial charge < -0.3 is 4.65 Å². The molecule has 0 atom stereocenters. The van der Waals surface area contributed by atoms with Crippen LogP contribution >= 0.6 is 0 Å². The molecule has 0 spiro atoms. The molecule has 2 nitrogen and oxygen atoms in total. The third-order valence-corrected chi connectivity index (χ3v) is 2.30. The largest absolute Gasteiger partial charge is 0.796 e. The van der Waals surface area contributed by atoms with Crippen LogP contribution < -0.4 is 9.65 Å². The molecule has 0 saturated carbocycles. The first kappa shape index (κ1) is 15.9. The Morgan fingerprint density at radius 3 is 2.20 bits per heavy atom. The van der Waals surface area contributed by atoms with E-state index in [1.54, 1.807) is 24.4 Å². The van der Waals surface area contributed by atoms with Gasteiger partial charge >= 0.3 is 7.47 Å². The summed E-state index contributed by atoms with van der Waals surface area (Å²) < 4.78 is 28.8. The second-order valence-corrected chi connectivity index (χ2v) is 3.57. The standard InChI is InChI=1S/C13H10BF2NO.C2H6/c15-14(16)18-13-9-5-4-6-11(13)10-17-12-7-2-1-3-8-12;1-2/h1-10H;1-2H3/p+1. The highest BCUT2D eigenvalue weighted by molar-refractivity contribution is 6.35. The van der Waals surface area contributed by atoms with Crippen LogP contribution in [0.2, 0.25) is 0 Å². The Balaban J connectivity index is 0.000000956. The highest BCUT2D eigenvalue weighted by Crippen LogP contribution is 2.16. The fraction of sp³-hybridized carbons (Fsp3) is 0.133. The topological polar surface area (TPSA) is 23.2 Å². The molecule has 2 rings (SSSR count). The number of rotatable bonds is 4. The molecule has 0 aliphatic rings. The van der Waals surface area contributed by atoms with Gasteiger partial charge in [-0.1, -0.05) is 44.2 Å². The quantitative estimate of drug-likeness (QED) is 0.673. The zero-order chi connectivity index (χ0) is 14.8. The van der Waals surface area contributed by atoms with Crippen LogP contribution in [0.3, 0.4) is 0 Å². The van der Waals surface area contributed by atoms with Crippen molar-refractivity contribution in [3.8, 4) is 5.75 Å². The predicted octanol–water partition coefficient (Wildman–Crippen LogP) is 2.85. The Hall–Kier alpha value is -2.17. The molecule has 0 fully saturated rings. The fourth-order valence-electron chi connectivity index (χ4n) is 1.50. The van der Waals surface area contributed by atoms with Crippen molar-refractivity contribution in [2.24, 2.45) is 0 Å². The van der Waals surface area contributed by atoms with Gasteiger partial charge in [-0.05, 0) is 12.1 Å². The monoisotopic (exact) mass is 276 g/mol. The Bertz CT molecular complexity index is 532. The molecule has 2 aromatic rings. The van der Waals surface area contributed by atoms with Crippen LogP contribution in [-0.4, -0.2) is 13.7 Å². The maximum Gasteiger partial charge on any atom is 0.796 e. The summed E-state index contributed by atoms with van der Waals surface area (Å²) in [5.41, 5.74) is 1.45. The van der Waals surface area contributed by atoms with Crippen molar-refractivity contribution in [1.82, 2.24) is 0 Å². The van der Waals surface area contributed by atoms with Crippen molar-refractivity contribution >= 4 is 19.4 Å². The Morgan fingerprint density at radius 1 is 0.950 bits per heavy atom. The first-order valence-electron chi connectivity index (χ1n) is 6.44. The Morgan fingerprint density at radius 2 is 1.55 bits per heavy atom. The Kier molecular flexibility index (Phi) is 7.03. The van der Waals surface area contributed by atoms with Gasteiger partial charge in [0.25, 0.3) is 0 Å². The van der Waals surface area contributed by atoms with Crippen LogP contribution in [-0.2, 0) is 0 Å². The Labute approximate surface area is 118 Å². The van der Waals surface area contributed by atoms with Crippen molar-refractivity contribution in [2.75, 3.05) is 0 Å². The lowest BCUT2D eigenvalue weighted by Gasteiger charge is -2.03. The summed E-state index contributed by atoms with van der Waals surface area (Å²) in [5, 5.41) is 0. The number of nitrogens with one attached hydrogen (secondary N) is 1. The minimum atomic E-state index is -2.82. The van der Waals surface area contributed by atoms with Gasteiger partial charge in [0.1, 0.15) is 5.75 Å². The molecule has 0 bridgehead atoms. The molecule has 104 valence electrons. The van der Waals surface area contributed by atoms with Crippen molar-refractivity contribution in [3.63, 3.8) is 0 Å². The van der Waals surface area contributed by atoms with E-state index in [1.807, 2.05) is 44.2 Å². The molecule has 0 amide bonds. The molecule has 0 aliphatic carbocycles. The van der Waals surface area contributed by atoms with Crippen LogP contribution in [0.5, 0.6) is 5.75 Å². The van der Waals surface area contributed by atoms with Crippen LogP contribution in [0.4, 0.5) is 14.3 Å². The smallest absolute Gasteiger partial charge is 0.505 e. The molecular weight excluding hydrogens is 259 g/mol. The van der Waals surface area contributed by atoms with Crippen LogP contribution in [0.25, 0.3) is 0 Å². The van der Waals surface area contributed by atoms with E-state index in [0.717, 1.165) is 5.69 Å². The lowest BCUT2D eigenvalue weighted by molar-refractivity contribution is -0.346. The second kappa shape index (κ2) is 8.85. The summed E-state index contributed by atoms with van der Waals surface area (Å²) in [4.78, 5) is 3.02. The van der Waals surface area contributed by atoms with E-state index in [-0.39, 0.29) is 5.75 Å². The van der Waals surface area contributed by atoms with Gasteiger partial charge in [-0.2, -0.15) is 0 Å². The van der Waals surface area contributed by atoms with Crippen molar-refractivity contribution in [3.05, 3.63) is 60.2 Å². The van der Waals surface area contributed by atoms with E-state index < -0.39 is 7.47 Å². The number of hydrogen-bond donors (Lipinski definition) is 1. The first-order chi connectivity index (χ1) is 9.75. The summed E-state index contributed by atoms with van der Waals surface area (Å²) in [6, 6.07) is 16.1. The molecule has 0 aliphatic heterocycles. The van der Waals surface area contributed by atoms with Gasteiger partial charge in [0.15, 0.2) is 6.21 Å².